The van der Waals surface area contributed by atoms with Gasteiger partial charge in [-0.05, 0) is 25.8 Å². The quantitative estimate of drug-likeness (QED) is 0.587. The Kier molecular flexibility index (Phi) is 10.3. The van der Waals surface area contributed by atoms with Crippen molar-refractivity contribution >= 4 is 0 Å². The largest absolute Gasteiger partial charge is 0.391 e. The fraction of sp³-hybridized carbons (Fsp3) is 1.00. The Hall–Kier alpha value is -0.120. The molecule has 3 nitrogen and oxygen atoms in total. The van der Waals surface area contributed by atoms with Crippen molar-refractivity contribution in [2.24, 2.45) is 0 Å². The summed E-state index contributed by atoms with van der Waals surface area (Å²) in [4.78, 5) is 0. The third-order valence-corrected chi connectivity index (χ3v) is 2.67. The van der Waals surface area contributed by atoms with E-state index in [-0.39, 0.29) is 6.10 Å². The molecule has 0 rings (SSSR count). The zero-order chi connectivity index (χ0) is 11.5. The zero-order valence-electron chi connectivity index (χ0n) is 10.5. The van der Waals surface area contributed by atoms with E-state index in [9.17, 15) is 5.11 Å². The van der Waals surface area contributed by atoms with E-state index in [0.717, 1.165) is 13.0 Å². The van der Waals surface area contributed by atoms with Crippen LogP contribution in [0.1, 0.15) is 46.0 Å². The summed E-state index contributed by atoms with van der Waals surface area (Å²) in [5.41, 5.74) is 0. The topological polar surface area (TPSA) is 41.5 Å². The summed E-state index contributed by atoms with van der Waals surface area (Å²) in [7, 11) is 1.62. The number of aliphatic hydroxyl groups excluding tert-OH is 1. The standard InChI is InChI=1S/C12H27NO2/c1-4-6-7-11(5-2)13-9-8-12(14)10-15-3/h11-14H,4-10H2,1-3H3. The van der Waals surface area contributed by atoms with Crippen molar-refractivity contribution in [3.63, 3.8) is 0 Å². The Morgan fingerprint density at radius 1 is 1.27 bits per heavy atom. The van der Waals surface area contributed by atoms with E-state index < -0.39 is 0 Å². The second-order valence-corrected chi connectivity index (χ2v) is 4.10. The van der Waals surface area contributed by atoms with Crippen LogP contribution in [0.4, 0.5) is 0 Å². The van der Waals surface area contributed by atoms with Crippen molar-refractivity contribution in [1.29, 1.82) is 0 Å². The van der Waals surface area contributed by atoms with Gasteiger partial charge in [0, 0.05) is 13.2 Å². The molecule has 0 fully saturated rings. The van der Waals surface area contributed by atoms with Gasteiger partial charge in [-0.3, -0.25) is 0 Å². The van der Waals surface area contributed by atoms with Gasteiger partial charge >= 0.3 is 0 Å². The van der Waals surface area contributed by atoms with Crippen molar-refractivity contribution in [2.75, 3.05) is 20.3 Å². The number of unbranched alkanes of at least 4 members (excludes halogenated alkanes) is 1. The van der Waals surface area contributed by atoms with Gasteiger partial charge in [0.15, 0.2) is 0 Å². The molecule has 15 heavy (non-hydrogen) atoms. The second kappa shape index (κ2) is 10.4. The second-order valence-electron chi connectivity index (χ2n) is 4.10. The molecule has 2 N–H and O–H groups in total. The molecule has 0 aromatic heterocycles. The molecule has 0 bridgehead atoms. The monoisotopic (exact) mass is 217 g/mol. The molecule has 0 aromatic carbocycles. The van der Waals surface area contributed by atoms with Crippen LogP contribution in [-0.4, -0.2) is 37.5 Å². The lowest BCUT2D eigenvalue weighted by molar-refractivity contribution is 0.0589. The van der Waals surface area contributed by atoms with Gasteiger partial charge in [-0.15, -0.1) is 0 Å². The Bertz CT molecular complexity index is 131. The summed E-state index contributed by atoms with van der Waals surface area (Å²) in [5.74, 6) is 0. The highest BCUT2D eigenvalue weighted by atomic mass is 16.5. The van der Waals surface area contributed by atoms with Gasteiger partial charge in [0.05, 0.1) is 12.7 Å². The van der Waals surface area contributed by atoms with Crippen LogP contribution in [0.3, 0.4) is 0 Å². The Morgan fingerprint density at radius 3 is 2.53 bits per heavy atom. The summed E-state index contributed by atoms with van der Waals surface area (Å²) in [6.45, 7) is 5.74. The first kappa shape index (κ1) is 14.9. The lowest BCUT2D eigenvalue weighted by Crippen LogP contribution is -2.31. The maximum Gasteiger partial charge on any atom is 0.0785 e. The maximum absolute atomic E-state index is 9.45. The van der Waals surface area contributed by atoms with Crippen LogP contribution in [-0.2, 0) is 4.74 Å². The number of rotatable bonds is 10. The van der Waals surface area contributed by atoms with Gasteiger partial charge in [-0.1, -0.05) is 26.7 Å². The lowest BCUT2D eigenvalue weighted by Gasteiger charge is -2.17. The van der Waals surface area contributed by atoms with E-state index in [4.69, 9.17) is 4.74 Å². The minimum absolute atomic E-state index is 0.328. The normalized spacial score (nSPS) is 15.2. The molecule has 0 aromatic rings. The minimum Gasteiger partial charge on any atom is -0.391 e. The highest BCUT2D eigenvalue weighted by Crippen LogP contribution is 2.04. The van der Waals surface area contributed by atoms with Crippen molar-refractivity contribution in [3.05, 3.63) is 0 Å². The Morgan fingerprint density at radius 2 is 2.00 bits per heavy atom. The number of aliphatic hydroxyl groups is 1. The minimum atomic E-state index is -0.328. The van der Waals surface area contributed by atoms with Crippen LogP contribution in [0.15, 0.2) is 0 Å². The molecular formula is C12H27NO2. The number of hydrogen-bond acceptors (Lipinski definition) is 3. The van der Waals surface area contributed by atoms with Gasteiger partial charge < -0.3 is 15.2 Å². The van der Waals surface area contributed by atoms with Crippen LogP contribution < -0.4 is 5.32 Å². The molecule has 0 heterocycles. The number of nitrogens with one attached hydrogen (secondary N) is 1. The SMILES string of the molecule is CCCCC(CC)NCCC(O)COC. The molecule has 0 saturated heterocycles. The molecule has 0 radical (unpaired) electrons. The molecule has 92 valence electrons. The molecule has 3 heteroatoms. The van der Waals surface area contributed by atoms with Crippen molar-refractivity contribution in [3.8, 4) is 0 Å². The molecule has 0 aliphatic rings. The van der Waals surface area contributed by atoms with E-state index in [2.05, 4.69) is 19.2 Å². The summed E-state index contributed by atoms with van der Waals surface area (Å²) in [6, 6.07) is 0.611. The van der Waals surface area contributed by atoms with Crippen molar-refractivity contribution in [2.45, 2.75) is 58.1 Å². The van der Waals surface area contributed by atoms with Gasteiger partial charge in [-0.2, -0.15) is 0 Å². The van der Waals surface area contributed by atoms with Crippen molar-refractivity contribution in [1.82, 2.24) is 5.32 Å². The lowest BCUT2D eigenvalue weighted by atomic mass is 10.1. The molecule has 0 amide bonds. The maximum atomic E-state index is 9.45. The van der Waals surface area contributed by atoms with E-state index in [1.54, 1.807) is 7.11 Å². The molecule has 2 unspecified atom stereocenters. The fourth-order valence-corrected chi connectivity index (χ4v) is 1.63. The summed E-state index contributed by atoms with van der Waals surface area (Å²) in [6.07, 6.45) is 5.40. The Balaban J connectivity index is 3.44. The fourth-order valence-electron chi connectivity index (χ4n) is 1.63. The van der Waals surface area contributed by atoms with E-state index in [1.807, 2.05) is 0 Å². The number of hydrogen-bond donors (Lipinski definition) is 2. The predicted molar refractivity (Wildman–Crippen MR) is 64.1 cm³/mol. The third-order valence-electron chi connectivity index (χ3n) is 2.67. The van der Waals surface area contributed by atoms with Crippen molar-refractivity contribution < 1.29 is 9.84 Å². The Labute approximate surface area is 94.2 Å². The molecule has 2 atom stereocenters. The van der Waals surface area contributed by atoms with Gasteiger partial charge in [0.2, 0.25) is 0 Å². The smallest absolute Gasteiger partial charge is 0.0785 e. The van der Waals surface area contributed by atoms with Gasteiger partial charge in [0.25, 0.3) is 0 Å². The zero-order valence-corrected chi connectivity index (χ0v) is 10.5. The highest BCUT2D eigenvalue weighted by Gasteiger charge is 2.06. The predicted octanol–water partition coefficient (Wildman–Crippen LogP) is 1.94. The van der Waals surface area contributed by atoms with Crippen LogP contribution in [0.5, 0.6) is 0 Å². The van der Waals surface area contributed by atoms with Crippen LogP contribution >= 0.6 is 0 Å². The highest BCUT2D eigenvalue weighted by molar-refractivity contribution is 4.66. The molecule has 0 saturated carbocycles. The van der Waals surface area contributed by atoms with E-state index in [0.29, 0.717) is 12.6 Å². The average Bonchev–Trinajstić information content (AvgIpc) is 2.23. The first-order valence-electron chi connectivity index (χ1n) is 6.14. The first-order chi connectivity index (χ1) is 7.24. The summed E-state index contributed by atoms with van der Waals surface area (Å²) < 4.78 is 4.87. The molecular weight excluding hydrogens is 190 g/mol. The van der Waals surface area contributed by atoms with Crippen LogP contribution in [0.2, 0.25) is 0 Å². The summed E-state index contributed by atoms with van der Waals surface area (Å²) in [5, 5.41) is 12.9. The average molecular weight is 217 g/mol. The van der Waals surface area contributed by atoms with E-state index >= 15 is 0 Å². The molecule has 0 aliphatic heterocycles. The number of methoxy groups -OCH3 is 1. The summed E-state index contributed by atoms with van der Waals surface area (Å²) >= 11 is 0. The number of ether oxygens (including phenoxy) is 1. The third kappa shape index (κ3) is 8.85. The van der Waals surface area contributed by atoms with Crippen LogP contribution in [0, 0.1) is 0 Å². The molecule has 0 aliphatic carbocycles. The van der Waals surface area contributed by atoms with Gasteiger partial charge in [0.1, 0.15) is 0 Å². The first-order valence-corrected chi connectivity index (χ1v) is 6.14. The van der Waals surface area contributed by atoms with E-state index in [1.165, 1.54) is 25.7 Å². The van der Waals surface area contributed by atoms with Gasteiger partial charge in [-0.25, -0.2) is 0 Å². The van der Waals surface area contributed by atoms with Crippen LogP contribution in [0.25, 0.3) is 0 Å². The molecule has 0 spiro atoms.